The Labute approximate surface area is 178 Å². The first-order valence-electron chi connectivity index (χ1n) is 10.2. The van der Waals surface area contributed by atoms with E-state index in [1.165, 1.54) is 18.9 Å². The fourth-order valence-electron chi connectivity index (χ4n) is 3.45. The number of aromatic nitrogens is 2. The number of ether oxygens (including phenoxy) is 2. The summed E-state index contributed by atoms with van der Waals surface area (Å²) in [7, 11) is 1.12. The number of pyridine rings is 1. The second-order valence-electron chi connectivity index (χ2n) is 9.71. The lowest BCUT2D eigenvalue weighted by molar-refractivity contribution is 0.0809. The molecule has 0 atom stereocenters. The minimum absolute atomic E-state index is 0.233. The van der Waals surface area contributed by atoms with Crippen molar-refractivity contribution < 1.29 is 9.47 Å². The largest absolute Gasteiger partial charge is 0.492 e. The van der Waals surface area contributed by atoms with Crippen molar-refractivity contribution in [2.75, 3.05) is 33.4 Å². The highest BCUT2D eigenvalue weighted by molar-refractivity contribution is 9.10. The Morgan fingerprint density at radius 2 is 1.96 bits per heavy atom. The van der Waals surface area contributed by atoms with E-state index in [0.717, 1.165) is 47.6 Å². The van der Waals surface area contributed by atoms with Crippen molar-refractivity contribution in [3.8, 4) is 5.75 Å². The number of piperidine rings is 1. The molecule has 2 aromatic heterocycles. The van der Waals surface area contributed by atoms with Gasteiger partial charge in [-0.25, -0.2) is 4.98 Å². The standard InChI is InChI=1S/C21H34BrN3O2Si/c1-21(7-10-24(2)11-8-21)15-27-18-6-9-23-20-19(18)17(22)14-25(20)16-26-12-13-28(3,4)5/h6,9,14H,7-8,10-13,15-16H2,1-5H3. The molecular formula is C21H34BrN3O2Si. The topological polar surface area (TPSA) is 39.5 Å². The van der Waals surface area contributed by atoms with Gasteiger partial charge in [0.25, 0.3) is 0 Å². The zero-order valence-corrected chi connectivity index (χ0v) is 20.5. The van der Waals surface area contributed by atoms with Gasteiger partial charge in [-0.1, -0.05) is 26.6 Å². The highest BCUT2D eigenvalue weighted by Crippen LogP contribution is 2.36. The lowest BCUT2D eigenvalue weighted by atomic mass is 9.81. The molecule has 0 aliphatic carbocycles. The Balaban J connectivity index is 1.68. The van der Waals surface area contributed by atoms with E-state index in [1.54, 1.807) is 0 Å². The second kappa shape index (κ2) is 8.86. The molecule has 0 spiro atoms. The van der Waals surface area contributed by atoms with E-state index in [1.807, 2.05) is 12.3 Å². The van der Waals surface area contributed by atoms with Crippen LogP contribution < -0.4 is 4.74 Å². The van der Waals surface area contributed by atoms with Crippen LogP contribution in [-0.2, 0) is 11.5 Å². The van der Waals surface area contributed by atoms with Gasteiger partial charge in [-0.2, -0.15) is 0 Å². The van der Waals surface area contributed by atoms with Gasteiger partial charge in [-0.05, 0) is 61.0 Å². The van der Waals surface area contributed by atoms with E-state index >= 15 is 0 Å². The molecule has 1 fully saturated rings. The quantitative estimate of drug-likeness (QED) is 0.393. The molecule has 7 heteroatoms. The minimum Gasteiger partial charge on any atom is -0.492 e. The van der Waals surface area contributed by atoms with Crippen LogP contribution in [0.1, 0.15) is 19.8 Å². The van der Waals surface area contributed by atoms with E-state index < -0.39 is 8.07 Å². The van der Waals surface area contributed by atoms with E-state index in [-0.39, 0.29) is 5.41 Å². The average Bonchev–Trinajstić information content (AvgIpc) is 2.96. The first kappa shape index (κ1) is 21.8. The third-order valence-corrected chi connectivity index (χ3v) is 7.98. The van der Waals surface area contributed by atoms with Crippen LogP contribution >= 0.6 is 15.9 Å². The summed E-state index contributed by atoms with van der Waals surface area (Å²) in [4.78, 5) is 6.98. The van der Waals surface area contributed by atoms with Crippen LogP contribution in [0, 0.1) is 5.41 Å². The maximum Gasteiger partial charge on any atom is 0.146 e. The summed E-state index contributed by atoms with van der Waals surface area (Å²) < 4.78 is 15.3. The number of rotatable bonds is 8. The van der Waals surface area contributed by atoms with Gasteiger partial charge in [0.05, 0.1) is 12.0 Å². The maximum absolute atomic E-state index is 6.32. The Bertz CT molecular complexity index is 795. The highest BCUT2D eigenvalue weighted by atomic mass is 79.9. The lowest BCUT2D eigenvalue weighted by Crippen LogP contribution is -2.39. The van der Waals surface area contributed by atoms with Crippen LogP contribution in [0.15, 0.2) is 22.9 Å². The number of hydrogen-bond donors (Lipinski definition) is 0. The highest BCUT2D eigenvalue weighted by Gasteiger charge is 2.30. The number of hydrogen-bond acceptors (Lipinski definition) is 4. The number of likely N-dealkylation sites (tertiary alicyclic amines) is 1. The van der Waals surface area contributed by atoms with Crippen molar-refractivity contribution in [2.24, 2.45) is 5.41 Å². The van der Waals surface area contributed by atoms with Crippen LogP contribution in [0.2, 0.25) is 25.7 Å². The number of nitrogens with zero attached hydrogens (tertiary/aromatic N) is 3. The van der Waals surface area contributed by atoms with E-state index in [0.29, 0.717) is 6.73 Å². The molecule has 0 unspecified atom stereocenters. The van der Waals surface area contributed by atoms with Crippen LogP contribution in [0.3, 0.4) is 0 Å². The fourth-order valence-corrected chi connectivity index (χ4v) is 4.83. The lowest BCUT2D eigenvalue weighted by Gasteiger charge is -2.37. The molecule has 0 amide bonds. The molecule has 1 aliphatic heterocycles. The van der Waals surface area contributed by atoms with Crippen molar-refractivity contribution in [2.45, 2.75) is 52.2 Å². The number of halogens is 1. The van der Waals surface area contributed by atoms with Crippen LogP contribution in [0.4, 0.5) is 0 Å². The molecule has 0 saturated carbocycles. The molecule has 5 nitrogen and oxygen atoms in total. The number of fused-ring (bicyclic) bond motifs is 1. The van der Waals surface area contributed by atoms with Crippen LogP contribution in [-0.4, -0.2) is 55.9 Å². The molecule has 1 aliphatic rings. The molecule has 0 aromatic carbocycles. The van der Waals surface area contributed by atoms with E-state index in [4.69, 9.17) is 9.47 Å². The Kier molecular flexibility index (Phi) is 6.90. The third kappa shape index (κ3) is 5.59. The Hall–Kier alpha value is -0.893. The van der Waals surface area contributed by atoms with Crippen LogP contribution in [0.5, 0.6) is 5.75 Å². The van der Waals surface area contributed by atoms with Crippen molar-refractivity contribution in [3.05, 3.63) is 22.9 Å². The molecule has 156 valence electrons. The van der Waals surface area contributed by atoms with E-state index in [2.05, 4.69) is 70.2 Å². The summed E-state index contributed by atoms with van der Waals surface area (Å²) in [5.41, 5.74) is 1.14. The maximum atomic E-state index is 6.32. The molecule has 3 rings (SSSR count). The molecule has 1 saturated heterocycles. The van der Waals surface area contributed by atoms with Crippen LogP contribution in [0.25, 0.3) is 11.0 Å². The van der Waals surface area contributed by atoms with Gasteiger partial charge in [0.15, 0.2) is 0 Å². The molecule has 3 heterocycles. The van der Waals surface area contributed by atoms with Crippen molar-refractivity contribution in [1.29, 1.82) is 0 Å². The normalized spacial score (nSPS) is 17.9. The summed E-state index contributed by atoms with van der Waals surface area (Å²) in [5, 5.41) is 1.04. The predicted octanol–water partition coefficient (Wildman–Crippen LogP) is 5.22. The van der Waals surface area contributed by atoms with Gasteiger partial charge in [0.2, 0.25) is 0 Å². The van der Waals surface area contributed by atoms with Crippen molar-refractivity contribution in [1.82, 2.24) is 14.5 Å². The molecule has 0 radical (unpaired) electrons. The van der Waals surface area contributed by atoms with Crippen molar-refractivity contribution >= 4 is 35.0 Å². The van der Waals surface area contributed by atoms with Gasteiger partial charge < -0.3 is 18.9 Å². The van der Waals surface area contributed by atoms with Crippen molar-refractivity contribution in [3.63, 3.8) is 0 Å². The first-order valence-corrected chi connectivity index (χ1v) is 14.7. The average molecular weight is 469 g/mol. The summed E-state index contributed by atoms with van der Waals surface area (Å²) in [5.74, 6) is 0.901. The van der Waals surface area contributed by atoms with Gasteiger partial charge in [-0.15, -0.1) is 0 Å². The molecule has 28 heavy (non-hydrogen) atoms. The summed E-state index contributed by atoms with van der Waals surface area (Å²) in [6.45, 7) is 13.8. The SMILES string of the molecule is CN1CCC(C)(COc2ccnc3c2c(Br)cn3COCC[Si](C)(C)C)CC1. The molecule has 0 N–H and O–H groups in total. The van der Waals surface area contributed by atoms with Gasteiger partial charge >= 0.3 is 0 Å². The minimum atomic E-state index is -1.07. The molecule has 0 bridgehead atoms. The van der Waals surface area contributed by atoms with Gasteiger partial charge in [0, 0.05) is 37.0 Å². The Morgan fingerprint density at radius 3 is 2.64 bits per heavy atom. The predicted molar refractivity (Wildman–Crippen MR) is 122 cm³/mol. The zero-order valence-electron chi connectivity index (χ0n) is 17.9. The molecular weight excluding hydrogens is 434 g/mol. The fraction of sp³-hybridized carbons (Fsp3) is 0.667. The van der Waals surface area contributed by atoms with E-state index in [9.17, 15) is 0 Å². The summed E-state index contributed by atoms with van der Waals surface area (Å²) in [6.07, 6.45) is 6.23. The second-order valence-corrected chi connectivity index (χ2v) is 16.2. The summed E-state index contributed by atoms with van der Waals surface area (Å²) in [6, 6.07) is 3.14. The Morgan fingerprint density at radius 1 is 1.25 bits per heavy atom. The van der Waals surface area contributed by atoms with Gasteiger partial charge in [0.1, 0.15) is 18.1 Å². The third-order valence-electron chi connectivity index (χ3n) is 5.67. The first-order chi connectivity index (χ1) is 13.2. The molecule has 2 aromatic rings. The summed E-state index contributed by atoms with van der Waals surface area (Å²) >= 11 is 3.70. The van der Waals surface area contributed by atoms with Gasteiger partial charge in [-0.3, -0.25) is 0 Å². The monoisotopic (exact) mass is 467 g/mol. The smallest absolute Gasteiger partial charge is 0.146 e. The zero-order chi connectivity index (χ0) is 20.4.